The first-order valence-electron chi connectivity index (χ1n) is 6.38. The fourth-order valence-electron chi connectivity index (χ4n) is 2.35. The van der Waals surface area contributed by atoms with Crippen LogP contribution in [0.2, 0.25) is 0 Å². The van der Waals surface area contributed by atoms with Gasteiger partial charge in [-0.25, -0.2) is 4.79 Å². The van der Waals surface area contributed by atoms with Gasteiger partial charge < -0.3 is 15.4 Å². The van der Waals surface area contributed by atoms with E-state index in [1.54, 1.807) is 29.2 Å². The number of ether oxygens (including phenoxy) is 1. The number of carbonyl (C=O) groups excluding carboxylic acids is 2. The molecule has 1 saturated heterocycles. The maximum absolute atomic E-state index is 12.4. The van der Waals surface area contributed by atoms with Crippen LogP contribution >= 0.6 is 0 Å². The van der Waals surface area contributed by atoms with E-state index in [1.807, 2.05) is 0 Å². The van der Waals surface area contributed by atoms with Crippen LogP contribution < -0.4 is 5.73 Å². The molecule has 1 heterocycles. The van der Waals surface area contributed by atoms with E-state index in [2.05, 4.69) is 0 Å². The van der Waals surface area contributed by atoms with E-state index in [4.69, 9.17) is 10.5 Å². The second-order valence-corrected chi connectivity index (χ2v) is 4.66. The van der Waals surface area contributed by atoms with Crippen molar-refractivity contribution in [1.82, 2.24) is 4.90 Å². The second kappa shape index (κ2) is 5.73. The van der Waals surface area contributed by atoms with Crippen LogP contribution in [0.4, 0.5) is 5.69 Å². The van der Waals surface area contributed by atoms with Gasteiger partial charge >= 0.3 is 5.97 Å². The van der Waals surface area contributed by atoms with Crippen LogP contribution in [0.1, 0.15) is 29.6 Å². The SMILES string of the molecule is COC(=O)C1CCCCN1C(=O)c1ccc(N)cc1. The predicted octanol–water partition coefficient (Wildman–Crippen LogP) is 1.44. The van der Waals surface area contributed by atoms with Crippen molar-refractivity contribution in [3.8, 4) is 0 Å². The Kier molecular flexibility index (Phi) is 4.04. The van der Waals surface area contributed by atoms with Crippen LogP contribution in [0.25, 0.3) is 0 Å². The van der Waals surface area contributed by atoms with E-state index in [0.717, 1.165) is 12.8 Å². The van der Waals surface area contributed by atoms with Crippen molar-refractivity contribution in [2.24, 2.45) is 0 Å². The van der Waals surface area contributed by atoms with Gasteiger partial charge in [0.1, 0.15) is 6.04 Å². The summed E-state index contributed by atoms with van der Waals surface area (Å²) >= 11 is 0. The van der Waals surface area contributed by atoms with Crippen LogP contribution in [0, 0.1) is 0 Å². The Balaban J connectivity index is 2.20. The Morgan fingerprint density at radius 1 is 1.26 bits per heavy atom. The van der Waals surface area contributed by atoms with Crippen molar-refractivity contribution >= 4 is 17.6 Å². The molecule has 1 aliphatic rings. The molecule has 1 unspecified atom stereocenters. The normalized spacial score (nSPS) is 19.0. The zero-order chi connectivity index (χ0) is 13.8. The standard InChI is InChI=1S/C14H18N2O3/c1-19-14(18)12-4-2-3-9-16(12)13(17)10-5-7-11(15)8-6-10/h5-8,12H,2-4,9,15H2,1H3. The highest BCUT2D eigenvalue weighted by Crippen LogP contribution is 2.21. The minimum Gasteiger partial charge on any atom is -0.467 e. The number of methoxy groups -OCH3 is 1. The average Bonchev–Trinajstić information content (AvgIpc) is 2.46. The molecule has 1 fully saturated rings. The van der Waals surface area contributed by atoms with E-state index in [0.29, 0.717) is 24.2 Å². The van der Waals surface area contributed by atoms with E-state index in [1.165, 1.54) is 7.11 Å². The lowest BCUT2D eigenvalue weighted by molar-refractivity contribution is -0.147. The van der Waals surface area contributed by atoms with E-state index >= 15 is 0 Å². The summed E-state index contributed by atoms with van der Waals surface area (Å²) in [6.07, 6.45) is 2.51. The molecule has 1 amide bonds. The third kappa shape index (κ3) is 2.86. The summed E-state index contributed by atoms with van der Waals surface area (Å²) in [6, 6.07) is 6.26. The first kappa shape index (κ1) is 13.4. The second-order valence-electron chi connectivity index (χ2n) is 4.66. The molecule has 2 N–H and O–H groups in total. The first-order valence-corrected chi connectivity index (χ1v) is 6.38. The highest BCUT2D eigenvalue weighted by atomic mass is 16.5. The summed E-state index contributed by atoms with van der Waals surface area (Å²) in [6.45, 7) is 0.586. The number of anilines is 1. The van der Waals surface area contributed by atoms with Gasteiger partial charge in [-0.05, 0) is 43.5 Å². The van der Waals surface area contributed by atoms with Crippen molar-refractivity contribution in [3.63, 3.8) is 0 Å². The zero-order valence-electron chi connectivity index (χ0n) is 11.0. The molecular formula is C14H18N2O3. The number of hydrogen-bond donors (Lipinski definition) is 1. The lowest BCUT2D eigenvalue weighted by Gasteiger charge is -2.33. The smallest absolute Gasteiger partial charge is 0.328 e. The number of hydrogen-bond acceptors (Lipinski definition) is 4. The molecule has 5 heteroatoms. The monoisotopic (exact) mass is 262 g/mol. The van der Waals surface area contributed by atoms with Crippen molar-refractivity contribution in [3.05, 3.63) is 29.8 Å². The number of amides is 1. The molecule has 2 rings (SSSR count). The Morgan fingerprint density at radius 3 is 2.58 bits per heavy atom. The summed E-state index contributed by atoms with van der Waals surface area (Å²) in [7, 11) is 1.35. The molecule has 1 aromatic rings. The zero-order valence-corrected chi connectivity index (χ0v) is 11.0. The van der Waals surface area contributed by atoms with Crippen LogP contribution in [-0.4, -0.2) is 36.5 Å². The minimum absolute atomic E-state index is 0.143. The number of rotatable bonds is 2. The van der Waals surface area contributed by atoms with Gasteiger partial charge in [0.15, 0.2) is 0 Å². The highest BCUT2D eigenvalue weighted by Gasteiger charge is 2.33. The van der Waals surface area contributed by atoms with E-state index in [9.17, 15) is 9.59 Å². The Morgan fingerprint density at radius 2 is 1.95 bits per heavy atom. The molecule has 1 aromatic carbocycles. The number of piperidine rings is 1. The number of nitrogen functional groups attached to an aromatic ring is 1. The quantitative estimate of drug-likeness (QED) is 0.646. The maximum Gasteiger partial charge on any atom is 0.328 e. The molecule has 0 spiro atoms. The molecule has 5 nitrogen and oxygen atoms in total. The number of likely N-dealkylation sites (tertiary alicyclic amines) is 1. The van der Waals surface area contributed by atoms with Gasteiger partial charge in [-0.3, -0.25) is 4.79 Å². The van der Waals surface area contributed by atoms with Crippen molar-refractivity contribution in [2.75, 3.05) is 19.4 Å². The third-order valence-electron chi connectivity index (χ3n) is 3.39. The Bertz CT molecular complexity index is 470. The Hall–Kier alpha value is -2.04. The molecule has 0 radical (unpaired) electrons. The number of nitrogens with two attached hydrogens (primary N) is 1. The van der Waals surface area contributed by atoms with Gasteiger partial charge in [-0.1, -0.05) is 0 Å². The summed E-state index contributed by atoms with van der Waals surface area (Å²) in [4.78, 5) is 25.7. The van der Waals surface area contributed by atoms with Gasteiger partial charge in [0.2, 0.25) is 0 Å². The van der Waals surface area contributed by atoms with Crippen molar-refractivity contribution in [2.45, 2.75) is 25.3 Å². The number of carbonyl (C=O) groups is 2. The minimum atomic E-state index is -0.469. The largest absolute Gasteiger partial charge is 0.467 e. The van der Waals surface area contributed by atoms with Crippen LogP contribution in [0.3, 0.4) is 0 Å². The molecular weight excluding hydrogens is 244 g/mol. The molecule has 0 bridgehead atoms. The summed E-state index contributed by atoms with van der Waals surface area (Å²) in [5.74, 6) is -0.487. The summed E-state index contributed by atoms with van der Waals surface area (Å²) < 4.78 is 4.77. The predicted molar refractivity (Wildman–Crippen MR) is 71.5 cm³/mol. The van der Waals surface area contributed by atoms with Crippen LogP contribution in [-0.2, 0) is 9.53 Å². The maximum atomic E-state index is 12.4. The Labute approximate surface area is 112 Å². The van der Waals surface area contributed by atoms with Gasteiger partial charge in [0, 0.05) is 17.8 Å². The lowest BCUT2D eigenvalue weighted by atomic mass is 10.0. The van der Waals surface area contributed by atoms with Gasteiger partial charge in [0.05, 0.1) is 7.11 Å². The summed E-state index contributed by atoms with van der Waals surface area (Å²) in [5.41, 5.74) is 6.76. The number of esters is 1. The fourth-order valence-corrected chi connectivity index (χ4v) is 2.35. The topological polar surface area (TPSA) is 72.6 Å². The van der Waals surface area contributed by atoms with Crippen LogP contribution in [0.15, 0.2) is 24.3 Å². The van der Waals surface area contributed by atoms with Gasteiger partial charge in [0.25, 0.3) is 5.91 Å². The molecule has 102 valence electrons. The molecule has 0 aliphatic carbocycles. The third-order valence-corrected chi connectivity index (χ3v) is 3.39. The molecule has 19 heavy (non-hydrogen) atoms. The first-order chi connectivity index (χ1) is 9.13. The van der Waals surface area contributed by atoms with Gasteiger partial charge in [-0.15, -0.1) is 0 Å². The van der Waals surface area contributed by atoms with Crippen LogP contribution in [0.5, 0.6) is 0 Å². The number of benzene rings is 1. The van der Waals surface area contributed by atoms with E-state index < -0.39 is 6.04 Å². The fraction of sp³-hybridized carbons (Fsp3) is 0.429. The van der Waals surface area contributed by atoms with E-state index in [-0.39, 0.29) is 11.9 Å². The molecule has 1 atom stereocenters. The van der Waals surface area contributed by atoms with Crippen molar-refractivity contribution in [1.29, 1.82) is 0 Å². The average molecular weight is 262 g/mol. The van der Waals surface area contributed by atoms with Crippen molar-refractivity contribution < 1.29 is 14.3 Å². The number of nitrogens with zero attached hydrogens (tertiary/aromatic N) is 1. The summed E-state index contributed by atoms with van der Waals surface area (Å²) in [5, 5.41) is 0. The van der Waals surface area contributed by atoms with Gasteiger partial charge in [-0.2, -0.15) is 0 Å². The highest BCUT2D eigenvalue weighted by molar-refractivity contribution is 5.97. The molecule has 1 aliphatic heterocycles. The lowest BCUT2D eigenvalue weighted by Crippen LogP contribution is -2.48. The molecule has 0 saturated carbocycles. The molecule has 0 aromatic heterocycles.